The molecule has 0 saturated heterocycles. The standard InChI is InChI=1S/C20H20ClF3N2O5S/c1-4-26(5-2)32(29,30)12-6-7-14(21)13(10-12)20(28)31-11(3)19(27)25-16-9-8-15(22)17(23)18(16)24/h6-11H,4-5H2,1-3H3,(H,25,27). The first-order valence-corrected chi connectivity index (χ1v) is 11.2. The zero-order valence-electron chi connectivity index (χ0n) is 17.3. The maximum atomic E-state index is 13.7. The first-order valence-electron chi connectivity index (χ1n) is 9.39. The highest BCUT2D eigenvalue weighted by atomic mass is 35.5. The number of amides is 1. The molecule has 0 fully saturated rings. The molecule has 0 aliphatic rings. The largest absolute Gasteiger partial charge is 0.449 e. The molecule has 0 saturated carbocycles. The van der Waals surface area contributed by atoms with Crippen LogP contribution in [0.5, 0.6) is 0 Å². The van der Waals surface area contributed by atoms with E-state index in [1.54, 1.807) is 13.8 Å². The van der Waals surface area contributed by atoms with Gasteiger partial charge in [0.25, 0.3) is 5.91 Å². The third-order valence-corrected chi connectivity index (χ3v) is 6.82. The van der Waals surface area contributed by atoms with Gasteiger partial charge in [-0.3, -0.25) is 4.79 Å². The maximum absolute atomic E-state index is 13.7. The van der Waals surface area contributed by atoms with Crippen molar-refractivity contribution in [3.63, 3.8) is 0 Å². The van der Waals surface area contributed by atoms with Crippen molar-refractivity contribution in [1.82, 2.24) is 4.31 Å². The van der Waals surface area contributed by atoms with Crippen molar-refractivity contribution in [3.8, 4) is 0 Å². The second kappa shape index (κ2) is 10.3. The number of benzene rings is 2. The monoisotopic (exact) mass is 492 g/mol. The van der Waals surface area contributed by atoms with Gasteiger partial charge in [-0.15, -0.1) is 0 Å². The molecule has 174 valence electrons. The summed E-state index contributed by atoms with van der Waals surface area (Å²) in [5, 5.41) is 1.86. The van der Waals surface area contributed by atoms with Crippen molar-refractivity contribution in [2.45, 2.75) is 31.8 Å². The molecule has 2 aromatic carbocycles. The van der Waals surface area contributed by atoms with Crippen LogP contribution in [0.4, 0.5) is 18.9 Å². The minimum atomic E-state index is -3.89. The SMILES string of the molecule is CCN(CC)S(=O)(=O)c1ccc(Cl)c(C(=O)OC(C)C(=O)Nc2ccc(F)c(F)c2F)c1. The van der Waals surface area contributed by atoms with E-state index in [0.717, 1.165) is 19.1 Å². The van der Waals surface area contributed by atoms with Crippen LogP contribution in [-0.4, -0.2) is 43.8 Å². The van der Waals surface area contributed by atoms with Crippen molar-refractivity contribution in [3.05, 3.63) is 58.4 Å². The lowest BCUT2D eigenvalue weighted by atomic mass is 10.2. The fourth-order valence-electron chi connectivity index (χ4n) is 2.67. The van der Waals surface area contributed by atoms with E-state index >= 15 is 0 Å². The summed E-state index contributed by atoms with van der Waals surface area (Å²) in [5.41, 5.74) is -0.958. The van der Waals surface area contributed by atoms with E-state index in [2.05, 4.69) is 0 Å². The van der Waals surface area contributed by atoms with Gasteiger partial charge >= 0.3 is 5.97 Å². The molecule has 0 aromatic heterocycles. The van der Waals surface area contributed by atoms with Crippen molar-refractivity contribution >= 4 is 39.2 Å². The predicted molar refractivity (Wildman–Crippen MR) is 111 cm³/mol. The Kier molecular flexibility index (Phi) is 8.27. The molecular weight excluding hydrogens is 473 g/mol. The van der Waals surface area contributed by atoms with Gasteiger partial charge in [-0.2, -0.15) is 4.31 Å². The third kappa shape index (κ3) is 5.40. The molecule has 12 heteroatoms. The minimum absolute atomic E-state index is 0.118. The van der Waals surface area contributed by atoms with Crippen LogP contribution in [-0.2, 0) is 19.6 Å². The molecule has 7 nitrogen and oxygen atoms in total. The van der Waals surface area contributed by atoms with Crippen LogP contribution >= 0.6 is 11.6 Å². The lowest BCUT2D eigenvalue weighted by Gasteiger charge is -2.19. The molecule has 1 atom stereocenters. The Balaban J connectivity index is 2.21. The fourth-order valence-corrected chi connectivity index (χ4v) is 4.35. The first kappa shape index (κ1) is 25.6. The number of nitrogens with zero attached hydrogens (tertiary/aromatic N) is 1. The summed E-state index contributed by atoms with van der Waals surface area (Å²) in [6.07, 6.45) is -1.51. The van der Waals surface area contributed by atoms with Crippen LogP contribution in [0.2, 0.25) is 5.02 Å². The Morgan fingerprint density at radius 2 is 1.72 bits per heavy atom. The van der Waals surface area contributed by atoms with Gasteiger partial charge in [0.2, 0.25) is 10.0 Å². The van der Waals surface area contributed by atoms with Crippen molar-refractivity contribution < 1.29 is 35.9 Å². The quantitative estimate of drug-likeness (QED) is 0.444. The number of hydrogen-bond donors (Lipinski definition) is 1. The number of esters is 1. The maximum Gasteiger partial charge on any atom is 0.340 e. The molecule has 2 aromatic rings. The Bertz CT molecular complexity index is 1140. The van der Waals surface area contributed by atoms with Crippen LogP contribution in [0.25, 0.3) is 0 Å². The average Bonchev–Trinajstić information content (AvgIpc) is 2.74. The Morgan fingerprint density at radius 1 is 1.09 bits per heavy atom. The normalized spacial score (nSPS) is 12.5. The highest BCUT2D eigenvalue weighted by Gasteiger charge is 2.26. The van der Waals surface area contributed by atoms with Gasteiger partial charge in [0.1, 0.15) is 0 Å². The number of halogens is 4. The molecular formula is C20H20ClF3N2O5S. The zero-order chi connectivity index (χ0) is 24.2. The van der Waals surface area contributed by atoms with Crippen molar-refractivity contribution in [1.29, 1.82) is 0 Å². The fraction of sp³-hybridized carbons (Fsp3) is 0.300. The van der Waals surface area contributed by atoms with Gasteiger partial charge in [-0.1, -0.05) is 25.4 Å². The van der Waals surface area contributed by atoms with Crippen LogP contribution < -0.4 is 5.32 Å². The summed E-state index contributed by atoms with van der Waals surface area (Å²) in [6.45, 7) is 4.87. The van der Waals surface area contributed by atoms with Gasteiger partial charge in [0, 0.05) is 13.1 Å². The molecule has 1 unspecified atom stereocenters. The van der Waals surface area contributed by atoms with E-state index in [-0.39, 0.29) is 28.6 Å². The number of hydrogen-bond acceptors (Lipinski definition) is 5. The molecule has 0 radical (unpaired) electrons. The summed E-state index contributed by atoms with van der Waals surface area (Å²) in [5.74, 6) is -6.97. The number of carbonyl (C=O) groups is 2. The topological polar surface area (TPSA) is 92.8 Å². The molecule has 0 spiro atoms. The van der Waals surface area contributed by atoms with Crippen LogP contribution in [0, 0.1) is 17.5 Å². The first-order chi connectivity index (χ1) is 14.9. The number of nitrogens with one attached hydrogen (secondary N) is 1. The van der Waals surface area contributed by atoms with Crippen LogP contribution in [0.3, 0.4) is 0 Å². The van der Waals surface area contributed by atoms with E-state index in [1.807, 2.05) is 5.32 Å². The highest BCUT2D eigenvalue weighted by molar-refractivity contribution is 7.89. The van der Waals surface area contributed by atoms with Gasteiger partial charge in [-0.25, -0.2) is 26.4 Å². The molecule has 1 N–H and O–H groups in total. The van der Waals surface area contributed by atoms with E-state index in [9.17, 15) is 31.2 Å². The van der Waals surface area contributed by atoms with Crippen LogP contribution in [0.15, 0.2) is 35.2 Å². The molecule has 1 amide bonds. The Labute approximate surface area is 188 Å². The molecule has 0 aliphatic heterocycles. The van der Waals surface area contributed by atoms with E-state index in [1.165, 1.54) is 16.4 Å². The number of carbonyl (C=O) groups excluding carboxylic acids is 2. The number of sulfonamides is 1. The van der Waals surface area contributed by atoms with E-state index in [4.69, 9.17) is 16.3 Å². The second-order valence-electron chi connectivity index (χ2n) is 6.49. The lowest BCUT2D eigenvalue weighted by molar-refractivity contribution is -0.123. The average molecular weight is 493 g/mol. The molecule has 0 heterocycles. The molecule has 0 aliphatic carbocycles. The van der Waals surface area contributed by atoms with Gasteiger partial charge in [-0.05, 0) is 37.3 Å². The summed E-state index contributed by atoms with van der Waals surface area (Å²) in [7, 11) is -3.89. The van der Waals surface area contributed by atoms with Gasteiger partial charge < -0.3 is 10.1 Å². The summed E-state index contributed by atoms with van der Waals surface area (Å²) in [6, 6.07) is 4.88. The third-order valence-electron chi connectivity index (χ3n) is 4.45. The molecule has 0 bridgehead atoms. The smallest absolute Gasteiger partial charge is 0.340 e. The van der Waals surface area contributed by atoms with Crippen LogP contribution in [0.1, 0.15) is 31.1 Å². The zero-order valence-corrected chi connectivity index (χ0v) is 18.9. The van der Waals surface area contributed by atoms with Gasteiger partial charge in [0.05, 0.1) is 21.2 Å². The van der Waals surface area contributed by atoms with Crippen molar-refractivity contribution in [2.75, 3.05) is 18.4 Å². The highest BCUT2D eigenvalue weighted by Crippen LogP contribution is 2.25. The summed E-state index contributed by atoms with van der Waals surface area (Å²) in [4.78, 5) is 24.5. The number of ether oxygens (including phenoxy) is 1. The van der Waals surface area contributed by atoms with Gasteiger partial charge in [0.15, 0.2) is 23.6 Å². The predicted octanol–water partition coefficient (Wildman–Crippen LogP) is 3.97. The number of rotatable bonds is 8. The van der Waals surface area contributed by atoms with Crippen molar-refractivity contribution in [2.24, 2.45) is 0 Å². The summed E-state index contributed by atoms with van der Waals surface area (Å²) < 4.78 is 71.6. The lowest BCUT2D eigenvalue weighted by Crippen LogP contribution is -2.31. The Hall–Kier alpha value is -2.63. The summed E-state index contributed by atoms with van der Waals surface area (Å²) >= 11 is 6.00. The second-order valence-corrected chi connectivity index (χ2v) is 8.84. The minimum Gasteiger partial charge on any atom is -0.449 e. The van der Waals surface area contributed by atoms with E-state index in [0.29, 0.717) is 6.07 Å². The Morgan fingerprint density at radius 3 is 2.31 bits per heavy atom. The van der Waals surface area contributed by atoms with E-state index < -0.39 is 51.1 Å². The number of anilines is 1. The molecule has 2 rings (SSSR count). The molecule has 32 heavy (non-hydrogen) atoms.